The summed E-state index contributed by atoms with van der Waals surface area (Å²) in [5.74, 6) is -5.11. The molecule has 0 bridgehead atoms. The van der Waals surface area contributed by atoms with Crippen molar-refractivity contribution in [3.8, 4) is 0 Å². The third kappa shape index (κ3) is 8.39. The number of hydrogen-bond acceptors (Lipinski definition) is 7. The van der Waals surface area contributed by atoms with E-state index in [0.29, 0.717) is 0 Å². The number of carboxylic acid groups (broad SMARTS) is 2. The van der Waals surface area contributed by atoms with Crippen molar-refractivity contribution in [2.45, 2.75) is 50.9 Å². The molecule has 0 saturated carbocycles. The predicted molar refractivity (Wildman–Crippen MR) is 86.7 cm³/mol. The zero-order valence-corrected chi connectivity index (χ0v) is 14.4. The van der Waals surface area contributed by atoms with Gasteiger partial charge in [0.2, 0.25) is 17.7 Å². The van der Waals surface area contributed by atoms with E-state index in [2.05, 4.69) is 10.6 Å². The number of carbonyl (C=O) groups excluding carboxylic acids is 3. The number of aliphatic carboxylic acids is 2. The number of nitrogens with two attached hydrogens (primary N) is 1. The molecular weight excluding hydrogens is 352 g/mol. The quantitative estimate of drug-likeness (QED) is 0.193. The minimum atomic E-state index is -1.50. The van der Waals surface area contributed by atoms with Crippen molar-refractivity contribution in [2.24, 2.45) is 5.73 Å². The van der Waals surface area contributed by atoms with Crippen LogP contribution in [0, 0.1) is 0 Å². The van der Waals surface area contributed by atoms with Gasteiger partial charge in [0.1, 0.15) is 18.1 Å². The molecule has 0 aromatic heterocycles. The summed E-state index contributed by atoms with van der Waals surface area (Å²) in [5.41, 5.74) is 5.35. The number of aliphatic hydroxyl groups excluding tert-OH is 1. The lowest BCUT2D eigenvalue weighted by Gasteiger charge is -2.22. The molecule has 12 nitrogen and oxygen atoms in total. The maximum absolute atomic E-state index is 12.0. The molecule has 0 aromatic carbocycles. The van der Waals surface area contributed by atoms with E-state index in [1.807, 2.05) is 5.32 Å². The molecule has 3 amide bonds. The van der Waals surface area contributed by atoms with Crippen LogP contribution in [0.15, 0.2) is 0 Å². The van der Waals surface area contributed by atoms with Crippen molar-refractivity contribution >= 4 is 29.7 Å². The molecule has 8 N–H and O–H groups in total. The molecule has 0 saturated heterocycles. The molecular formula is C14H24N4O8. The molecule has 0 aliphatic heterocycles. The minimum absolute atomic E-state index is 0.372. The average molecular weight is 376 g/mol. The molecule has 4 unspecified atom stereocenters. The zero-order valence-electron chi connectivity index (χ0n) is 14.4. The van der Waals surface area contributed by atoms with Crippen LogP contribution in [0.4, 0.5) is 0 Å². The molecule has 12 heteroatoms. The maximum atomic E-state index is 12.0. The van der Waals surface area contributed by atoms with E-state index in [1.165, 1.54) is 13.8 Å². The van der Waals surface area contributed by atoms with Gasteiger partial charge < -0.3 is 37.0 Å². The Morgan fingerprint density at radius 3 is 1.85 bits per heavy atom. The van der Waals surface area contributed by atoms with Crippen LogP contribution >= 0.6 is 0 Å². The first-order chi connectivity index (χ1) is 12.0. The molecule has 0 radical (unpaired) electrons. The maximum Gasteiger partial charge on any atom is 0.326 e. The molecule has 0 heterocycles. The number of amides is 3. The van der Waals surface area contributed by atoms with Crippen LogP contribution in [-0.4, -0.2) is 75.8 Å². The van der Waals surface area contributed by atoms with Gasteiger partial charge in [-0.25, -0.2) is 4.79 Å². The van der Waals surface area contributed by atoms with Crippen LogP contribution in [0.3, 0.4) is 0 Å². The van der Waals surface area contributed by atoms with E-state index in [0.717, 1.165) is 0 Å². The Balaban J connectivity index is 4.80. The fourth-order valence-electron chi connectivity index (χ4n) is 1.70. The average Bonchev–Trinajstić information content (AvgIpc) is 2.54. The van der Waals surface area contributed by atoms with Crippen LogP contribution in [0.25, 0.3) is 0 Å². The van der Waals surface area contributed by atoms with E-state index >= 15 is 0 Å². The number of aliphatic hydroxyl groups is 1. The highest BCUT2D eigenvalue weighted by Gasteiger charge is 2.28. The molecule has 0 spiro atoms. The number of rotatable bonds is 11. The fraction of sp³-hybridized carbons (Fsp3) is 0.643. The molecule has 148 valence electrons. The van der Waals surface area contributed by atoms with Gasteiger partial charge in [0.15, 0.2) is 0 Å². The first-order valence-corrected chi connectivity index (χ1v) is 7.71. The standard InChI is InChI=1S/C14H24N4O8/c1-6(15)11(22)16-7(2)12(23)18-9(5-19)13(24)17-8(14(25)26)3-4-10(20)21/h6-9,19H,3-5,15H2,1-2H3,(H,16,22)(H,17,24)(H,18,23)(H,20,21)(H,25,26). The lowest BCUT2D eigenvalue weighted by molar-refractivity contribution is -0.143. The summed E-state index contributed by atoms with van der Waals surface area (Å²) in [4.78, 5) is 57.0. The highest BCUT2D eigenvalue weighted by molar-refractivity contribution is 5.93. The summed E-state index contributed by atoms with van der Waals surface area (Å²) in [5, 5.41) is 33.3. The van der Waals surface area contributed by atoms with Gasteiger partial charge in [-0.3, -0.25) is 19.2 Å². The van der Waals surface area contributed by atoms with E-state index in [9.17, 15) is 29.1 Å². The SMILES string of the molecule is CC(N)C(=O)NC(C)C(=O)NC(CO)C(=O)NC(CCC(=O)O)C(=O)O. The Bertz CT molecular complexity index is 551. The normalized spacial score (nSPS) is 15.1. The summed E-state index contributed by atoms with van der Waals surface area (Å²) >= 11 is 0. The van der Waals surface area contributed by atoms with Crippen LogP contribution in [0.2, 0.25) is 0 Å². The Labute approximate surface area is 149 Å². The fourth-order valence-corrected chi connectivity index (χ4v) is 1.70. The van der Waals surface area contributed by atoms with Gasteiger partial charge >= 0.3 is 11.9 Å². The van der Waals surface area contributed by atoms with Crippen molar-refractivity contribution in [3.63, 3.8) is 0 Å². The summed E-state index contributed by atoms with van der Waals surface area (Å²) < 4.78 is 0. The summed E-state index contributed by atoms with van der Waals surface area (Å²) in [6, 6.07) is -4.89. The van der Waals surface area contributed by atoms with Gasteiger partial charge in [-0.05, 0) is 20.3 Å². The predicted octanol–water partition coefficient (Wildman–Crippen LogP) is -3.25. The molecule has 0 aliphatic rings. The number of hydrogen-bond donors (Lipinski definition) is 7. The van der Waals surface area contributed by atoms with Gasteiger partial charge in [0.25, 0.3) is 0 Å². The first-order valence-electron chi connectivity index (χ1n) is 7.71. The largest absolute Gasteiger partial charge is 0.481 e. The van der Waals surface area contributed by atoms with Crippen LogP contribution in [0.1, 0.15) is 26.7 Å². The van der Waals surface area contributed by atoms with Gasteiger partial charge in [-0.15, -0.1) is 0 Å². The lowest BCUT2D eigenvalue weighted by Crippen LogP contribution is -2.57. The smallest absolute Gasteiger partial charge is 0.326 e. The Morgan fingerprint density at radius 2 is 1.42 bits per heavy atom. The van der Waals surface area contributed by atoms with E-state index < -0.39 is 66.9 Å². The molecule has 4 atom stereocenters. The second-order valence-electron chi connectivity index (χ2n) is 5.59. The monoisotopic (exact) mass is 376 g/mol. The number of carbonyl (C=O) groups is 5. The number of carboxylic acids is 2. The van der Waals surface area contributed by atoms with Gasteiger partial charge in [-0.1, -0.05) is 0 Å². The minimum Gasteiger partial charge on any atom is -0.481 e. The van der Waals surface area contributed by atoms with Crippen LogP contribution in [0.5, 0.6) is 0 Å². The van der Waals surface area contributed by atoms with Crippen LogP contribution < -0.4 is 21.7 Å². The molecule has 0 aromatic rings. The first kappa shape index (κ1) is 23.3. The zero-order chi connectivity index (χ0) is 20.4. The topological polar surface area (TPSA) is 208 Å². The van der Waals surface area contributed by atoms with Gasteiger partial charge in [-0.2, -0.15) is 0 Å². The van der Waals surface area contributed by atoms with Gasteiger partial charge in [0.05, 0.1) is 12.6 Å². The Hall–Kier alpha value is -2.73. The second kappa shape index (κ2) is 11.0. The van der Waals surface area contributed by atoms with Crippen molar-refractivity contribution in [1.82, 2.24) is 16.0 Å². The molecule has 26 heavy (non-hydrogen) atoms. The van der Waals surface area contributed by atoms with Crippen molar-refractivity contribution in [2.75, 3.05) is 6.61 Å². The number of nitrogens with one attached hydrogen (secondary N) is 3. The summed E-state index contributed by atoms with van der Waals surface area (Å²) in [6.07, 6.45) is -0.864. The highest BCUT2D eigenvalue weighted by atomic mass is 16.4. The third-order valence-electron chi connectivity index (χ3n) is 3.24. The van der Waals surface area contributed by atoms with Crippen molar-refractivity contribution in [3.05, 3.63) is 0 Å². The van der Waals surface area contributed by atoms with Gasteiger partial charge in [0, 0.05) is 6.42 Å². The molecule has 0 fully saturated rings. The van der Waals surface area contributed by atoms with Crippen molar-refractivity contribution < 1.29 is 39.3 Å². The molecule has 0 rings (SSSR count). The van der Waals surface area contributed by atoms with E-state index in [1.54, 1.807) is 0 Å². The van der Waals surface area contributed by atoms with E-state index in [-0.39, 0.29) is 6.42 Å². The second-order valence-corrected chi connectivity index (χ2v) is 5.59. The summed E-state index contributed by atoms with van der Waals surface area (Å²) in [7, 11) is 0. The van der Waals surface area contributed by atoms with Crippen LogP contribution in [-0.2, 0) is 24.0 Å². The Kier molecular flexibility index (Phi) is 9.84. The third-order valence-corrected chi connectivity index (χ3v) is 3.24. The van der Waals surface area contributed by atoms with Crippen molar-refractivity contribution in [1.29, 1.82) is 0 Å². The highest BCUT2D eigenvalue weighted by Crippen LogP contribution is 1.99. The lowest BCUT2D eigenvalue weighted by atomic mass is 10.1. The summed E-state index contributed by atoms with van der Waals surface area (Å²) in [6.45, 7) is 1.90. The Morgan fingerprint density at radius 1 is 0.885 bits per heavy atom. The van der Waals surface area contributed by atoms with E-state index in [4.69, 9.17) is 15.9 Å². The molecule has 0 aliphatic carbocycles.